The Labute approximate surface area is 107 Å². The molecule has 2 N–H and O–H groups in total. The van der Waals surface area contributed by atoms with Crippen LogP contribution in [0.5, 0.6) is 5.75 Å². The van der Waals surface area contributed by atoms with Gasteiger partial charge < -0.3 is 9.72 Å². The zero-order valence-electron chi connectivity index (χ0n) is 9.60. The van der Waals surface area contributed by atoms with Crippen LogP contribution < -0.4 is 15.5 Å². The molecule has 2 aromatic heterocycles. The molecule has 94 valence electrons. The molecule has 1 amide bonds. The first-order chi connectivity index (χ1) is 8.65. The molecule has 7 heteroatoms. The van der Waals surface area contributed by atoms with Gasteiger partial charge in [-0.1, -0.05) is 0 Å². The van der Waals surface area contributed by atoms with Crippen LogP contribution >= 0.6 is 11.3 Å². The summed E-state index contributed by atoms with van der Waals surface area (Å²) >= 11 is 1.31. The van der Waals surface area contributed by atoms with Crippen molar-refractivity contribution >= 4 is 22.4 Å². The maximum atomic E-state index is 11.5. The Kier molecular flexibility index (Phi) is 3.73. The fourth-order valence-electron chi connectivity index (χ4n) is 1.26. The first-order valence-corrected chi connectivity index (χ1v) is 6.04. The van der Waals surface area contributed by atoms with E-state index in [1.807, 2.05) is 0 Å². The van der Waals surface area contributed by atoms with Crippen molar-refractivity contribution in [1.29, 1.82) is 0 Å². The van der Waals surface area contributed by atoms with Crippen molar-refractivity contribution < 1.29 is 9.53 Å². The van der Waals surface area contributed by atoms with Gasteiger partial charge in [0.15, 0.2) is 17.5 Å². The lowest BCUT2D eigenvalue weighted by Crippen LogP contribution is -2.22. The van der Waals surface area contributed by atoms with Crippen LogP contribution in [0.1, 0.15) is 5.69 Å². The van der Waals surface area contributed by atoms with Gasteiger partial charge in [-0.3, -0.25) is 14.9 Å². The summed E-state index contributed by atoms with van der Waals surface area (Å²) in [6.07, 6.45) is 3.03. The Morgan fingerprint density at radius 1 is 1.61 bits per heavy atom. The number of aromatic nitrogens is 2. The lowest BCUT2D eigenvalue weighted by molar-refractivity contribution is -0.118. The topological polar surface area (TPSA) is 84.1 Å². The van der Waals surface area contributed by atoms with Crippen LogP contribution in [-0.2, 0) is 4.79 Å². The molecular weight excluding hydrogens is 254 g/mol. The third-order valence-electron chi connectivity index (χ3n) is 2.06. The lowest BCUT2D eigenvalue weighted by Gasteiger charge is -2.05. The van der Waals surface area contributed by atoms with Gasteiger partial charge in [0.1, 0.15) is 0 Å². The Hall–Kier alpha value is -2.15. The quantitative estimate of drug-likeness (QED) is 0.868. The smallest absolute Gasteiger partial charge is 0.264 e. The maximum Gasteiger partial charge on any atom is 0.264 e. The number of pyridine rings is 1. The van der Waals surface area contributed by atoms with E-state index in [-0.39, 0.29) is 23.7 Å². The number of anilines is 1. The molecule has 2 heterocycles. The minimum Gasteiger partial charge on any atom is -0.478 e. The number of nitrogens with one attached hydrogen (secondary N) is 2. The fourth-order valence-corrected chi connectivity index (χ4v) is 1.80. The molecule has 18 heavy (non-hydrogen) atoms. The highest BCUT2D eigenvalue weighted by molar-refractivity contribution is 7.13. The molecule has 0 aliphatic carbocycles. The first-order valence-electron chi connectivity index (χ1n) is 5.16. The van der Waals surface area contributed by atoms with E-state index in [0.717, 1.165) is 5.69 Å². The Morgan fingerprint density at radius 2 is 2.44 bits per heavy atom. The monoisotopic (exact) mass is 265 g/mol. The molecule has 0 radical (unpaired) electrons. The van der Waals surface area contributed by atoms with Crippen molar-refractivity contribution in [2.75, 3.05) is 11.9 Å². The van der Waals surface area contributed by atoms with Crippen molar-refractivity contribution in [3.05, 3.63) is 39.8 Å². The van der Waals surface area contributed by atoms with Crippen molar-refractivity contribution in [2.45, 2.75) is 6.92 Å². The van der Waals surface area contributed by atoms with E-state index >= 15 is 0 Å². The van der Waals surface area contributed by atoms with Crippen LogP contribution in [0.15, 0.2) is 28.6 Å². The Morgan fingerprint density at radius 3 is 3.11 bits per heavy atom. The summed E-state index contributed by atoms with van der Waals surface area (Å²) in [6.45, 7) is 1.53. The van der Waals surface area contributed by atoms with E-state index in [1.54, 1.807) is 18.5 Å². The van der Waals surface area contributed by atoms with Gasteiger partial charge in [-0.05, 0) is 6.92 Å². The highest BCUT2D eigenvalue weighted by Gasteiger charge is 2.07. The number of thiazole rings is 1. The molecule has 0 spiro atoms. The number of ether oxygens (including phenoxy) is 1. The zero-order chi connectivity index (χ0) is 13.0. The second-order valence-corrected chi connectivity index (χ2v) is 4.41. The van der Waals surface area contributed by atoms with E-state index in [1.165, 1.54) is 23.6 Å². The van der Waals surface area contributed by atoms with Crippen LogP contribution in [0.4, 0.5) is 5.13 Å². The Balaban J connectivity index is 1.91. The van der Waals surface area contributed by atoms with Crippen LogP contribution in [0.3, 0.4) is 0 Å². The van der Waals surface area contributed by atoms with Gasteiger partial charge in [0.05, 0.1) is 0 Å². The fraction of sp³-hybridized carbons (Fsp3) is 0.182. The van der Waals surface area contributed by atoms with Crippen molar-refractivity contribution in [3.63, 3.8) is 0 Å². The van der Waals surface area contributed by atoms with E-state index < -0.39 is 0 Å². The molecule has 0 aromatic carbocycles. The number of carbonyl (C=O) groups excluding carboxylic acids is 1. The number of H-pyrrole nitrogens is 1. The summed E-state index contributed by atoms with van der Waals surface area (Å²) in [6, 6.07) is 1.41. The van der Waals surface area contributed by atoms with Gasteiger partial charge in [-0.25, -0.2) is 4.98 Å². The number of aromatic amines is 1. The normalized spacial score (nSPS) is 10.1. The van der Waals surface area contributed by atoms with Gasteiger partial charge in [-0.2, -0.15) is 0 Å². The van der Waals surface area contributed by atoms with E-state index in [4.69, 9.17) is 4.74 Å². The highest BCUT2D eigenvalue weighted by Crippen LogP contribution is 2.10. The summed E-state index contributed by atoms with van der Waals surface area (Å²) < 4.78 is 5.12. The van der Waals surface area contributed by atoms with Gasteiger partial charge in [0.25, 0.3) is 5.91 Å². The Bertz CT molecular complexity index is 592. The average molecular weight is 265 g/mol. The summed E-state index contributed by atoms with van der Waals surface area (Å²) in [4.78, 5) is 29.7. The molecule has 6 nitrogen and oxygen atoms in total. The summed E-state index contributed by atoms with van der Waals surface area (Å²) in [5.74, 6) is -0.236. The number of nitrogens with zero attached hydrogens (tertiary/aromatic N) is 1. The minimum atomic E-state index is -0.357. The molecule has 0 fully saturated rings. The van der Waals surface area contributed by atoms with Gasteiger partial charge >= 0.3 is 0 Å². The molecule has 0 aliphatic heterocycles. The second-order valence-electron chi connectivity index (χ2n) is 3.52. The lowest BCUT2D eigenvalue weighted by atomic mass is 10.3. The number of amides is 1. The van der Waals surface area contributed by atoms with Crippen LogP contribution in [-0.4, -0.2) is 22.5 Å². The van der Waals surface area contributed by atoms with Crippen LogP contribution in [0, 0.1) is 6.92 Å². The largest absolute Gasteiger partial charge is 0.478 e. The summed E-state index contributed by atoms with van der Waals surface area (Å²) in [5.41, 5.74) is 0.480. The molecular formula is C11H11N3O3S. The number of rotatable bonds is 4. The molecule has 0 unspecified atom stereocenters. The standard InChI is InChI=1S/C11H11N3O3S/c1-7-4-8(15)9(5-13-7)17-6-10(16)14-11-12-2-3-18-11/h2-5H,6H2,1H3,(H,13,15)(H,12,14,16). The third-order valence-corrected chi connectivity index (χ3v) is 2.75. The zero-order valence-corrected chi connectivity index (χ0v) is 10.4. The SMILES string of the molecule is Cc1cc(=O)c(OCC(=O)Nc2nccs2)c[nH]1. The summed E-state index contributed by atoms with van der Waals surface area (Å²) in [5, 5.41) is 4.81. The maximum absolute atomic E-state index is 11.5. The van der Waals surface area contributed by atoms with Crippen LogP contribution in [0.25, 0.3) is 0 Å². The molecule has 0 saturated heterocycles. The van der Waals surface area contributed by atoms with Gasteiger partial charge in [0, 0.05) is 29.5 Å². The van der Waals surface area contributed by atoms with E-state index in [9.17, 15) is 9.59 Å². The highest BCUT2D eigenvalue weighted by atomic mass is 32.1. The molecule has 0 aliphatic rings. The molecule has 0 saturated carbocycles. The molecule has 0 atom stereocenters. The number of aryl methyl sites for hydroxylation is 1. The van der Waals surface area contributed by atoms with Crippen LogP contribution in [0.2, 0.25) is 0 Å². The molecule has 2 aromatic rings. The number of hydrogen-bond donors (Lipinski definition) is 2. The van der Waals surface area contributed by atoms with Gasteiger partial charge in [0.2, 0.25) is 5.43 Å². The van der Waals surface area contributed by atoms with Crippen molar-refractivity contribution in [3.8, 4) is 5.75 Å². The van der Waals surface area contributed by atoms with Crippen molar-refractivity contribution in [2.24, 2.45) is 0 Å². The third kappa shape index (κ3) is 3.17. The minimum absolute atomic E-state index is 0.120. The van der Waals surface area contributed by atoms with E-state index in [0.29, 0.717) is 5.13 Å². The molecule has 0 bridgehead atoms. The van der Waals surface area contributed by atoms with E-state index in [2.05, 4.69) is 15.3 Å². The van der Waals surface area contributed by atoms with Crippen molar-refractivity contribution in [1.82, 2.24) is 9.97 Å². The predicted octanol–water partition coefficient (Wildman–Crippen LogP) is 1.16. The second kappa shape index (κ2) is 5.46. The summed E-state index contributed by atoms with van der Waals surface area (Å²) in [7, 11) is 0. The van der Waals surface area contributed by atoms with Gasteiger partial charge in [-0.15, -0.1) is 11.3 Å². The molecule has 2 rings (SSSR count). The first kappa shape index (κ1) is 12.3. The average Bonchev–Trinajstić information content (AvgIpc) is 2.80. The number of carbonyl (C=O) groups is 1. The number of hydrogen-bond acceptors (Lipinski definition) is 5. The predicted molar refractivity (Wildman–Crippen MR) is 68.0 cm³/mol.